The molecule has 4 nitrogen and oxygen atoms in total. The van der Waals surface area contributed by atoms with Crippen molar-refractivity contribution in [3.63, 3.8) is 0 Å². The average molecular weight is 215 g/mol. The maximum Gasteiger partial charge on any atom is 0.397 e. The first-order valence-corrected chi connectivity index (χ1v) is 5.60. The van der Waals surface area contributed by atoms with Crippen LogP contribution in [0.5, 0.6) is 5.75 Å². The molecule has 0 bridgehead atoms. The van der Waals surface area contributed by atoms with E-state index in [1.807, 2.05) is 19.9 Å². The van der Waals surface area contributed by atoms with Crippen molar-refractivity contribution in [1.82, 2.24) is 4.98 Å². The van der Waals surface area contributed by atoms with E-state index in [4.69, 9.17) is 13.6 Å². The molecule has 0 spiro atoms. The minimum Gasteiger partial charge on any atom is -0.425 e. The maximum atomic E-state index is 5.45. The van der Waals surface area contributed by atoms with E-state index in [9.17, 15) is 0 Å². The Morgan fingerprint density at radius 3 is 2.50 bits per heavy atom. The molecule has 78 valence electrons. The van der Waals surface area contributed by atoms with Crippen LogP contribution in [-0.4, -0.2) is 18.2 Å². The summed E-state index contributed by atoms with van der Waals surface area (Å²) in [6, 6.07) is 3.63. The van der Waals surface area contributed by atoms with Gasteiger partial charge in [-0.25, -0.2) is 0 Å². The zero-order valence-electron chi connectivity index (χ0n) is 8.34. The summed E-state index contributed by atoms with van der Waals surface area (Å²) in [7, 11) is -1.28. The van der Waals surface area contributed by atoms with Crippen LogP contribution in [0.3, 0.4) is 0 Å². The molecule has 14 heavy (non-hydrogen) atoms. The molecule has 0 radical (unpaired) electrons. The monoisotopic (exact) mass is 215 g/mol. The highest BCUT2D eigenvalue weighted by Gasteiger charge is 2.12. The number of nitrogens with zero attached hydrogens (tertiary/aromatic N) is 1. The Morgan fingerprint density at radius 2 is 2.00 bits per heavy atom. The second-order valence-corrected chi connectivity index (χ2v) is 3.49. The zero-order chi connectivity index (χ0) is 10.2. The highest BCUT2D eigenvalue weighted by molar-refractivity contribution is 7.42. The SMILES string of the molecule is CCOP(OCC)Oc1cccnc1. The highest BCUT2D eigenvalue weighted by Crippen LogP contribution is 2.39. The van der Waals surface area contributed by atoms with Crippen LogP contribution in [0.1, 0.15) is 13.8 Å². The summed E-state index contributed by atoms with van der Waals surface area (Å²) in [5.74, 6) is 0.667. The van der Waals surface area contributed by atoms with E-state index in [0.717, 1.165) is 0 Å². The van der Waals surface area contributed by atoms with Gasteiger partial charge in [-0.3, -0.25) is 4.98 Å². The van der Waals surface area contributed by atoms with Crippen LogP contribution in [0, 0.1) is 0 Å². The van der Waals surface area contributed by atoms with E-state index in [-0.39, 0.29) is 0 Å². The van der Waals surface area contributed by atoms with Crippen LogP contribution in [0.2, 0.25) is 0 Å². The van der Waals surface area contributed by atoms with Crippen molar-refractivity contribution in [3.05, 3.63) is 24.5 Å². The van der Waals surface area contributed by atoms with Crippen LogP contribution < -0.4 is 4.52 Å². The summed E-state index contributed by atoms with van der Waals surface area (Å²) >= 11 is 0. The Labute approximate surface area is 85.2 Å². The van der Waals surface area contributed by atoms with Crippen molar-refractivity contribution < 1.29 is 13.6 Å². The zero-order valence-corrected chi connectivity index (χ0v) is 9.24. The van der Waals surface area contributed by atoms with Gasteiger partial charge in [0, 0.05) is 6.20 Å². The summed E-state index contributed by atoms with van der Waals surface area (Å²) in [6.45, 7) is 4.96. The lowest BCUT2D eigenvalue weighted by atomic mass is 10.5. The highest BCUT2D eigenvalue weighted by atomic mass is 31.2. The van der Waals surface area contributed by atoms with Crippen LogP contribution in [0.25, 0.3) is 0 Å². The number of hydrogen-bond donors (Lipinski definition) is 0. The van der Waals surface area contributed by atoms with Crippen molar-refractivity contribution in [2.24, 2.45) is 0 Å². The average Bonchev–Trinajstić information content (AvgIpc) is 2.20. The number of rotatable bonds is 6. The molecule has 0 amide bonds. The van der Waals surface area contributed by atoms with Gasteiger partial charge < -0.3 is 13.6 Å². The fourth-order valence-corrected chi connectivity index (χ4v) is 1.67. The molecule has 1 rings (SSSR count). The Hall–Kier alpha value is -0.700. The van der Waals surface area contributed by atoms with Crippen molar-refractivity contribution in [2.75, 3.05) is 13.2 Å². The molecule has 0 aliphatic heterocycles. The predicted octanol–water partition coefficient (Wildman–Crippen LogP) is 2.76. The summed E-state index contributed by atoms with van der Waals surface area (Å²) in [5.41, 5.74) is 0. The lowest BCUT2D eigenvalue weighted by Crippen LogP contribution is -1.97. The summed E-state index contributed by atoms with van der Waals surface area (Å²) in [6.07, 6.45) is 3.32. The molecular formula is C9H14NO3P. The Balaban J connectivity index is 2.46. The Bertz CT molecular complexity index is 239. The Morgan fingerprint density at radius 1 is 1.29 bits per heavy atom. The predicted molar refractivity (Wildman–Crippen MR) is 55.0 cm³/mol. The normalized spacial score (nSPS) is 10.5. The largest absolute Gasteiger partial charge is 0.425 e. The second kappa shape index (κ2) is 6.71. The molecule has 5 heteroatoms. The van der Waals surface area contributed by atoms with Gasteiger partial charge in [0.05, 0.1) is 19.4 Å². The van der Waals surface area contributed by atoms with E-state index < -0.39 is 8.60 Å². The van der Waals surface area contributed by atoms with Crippen molar-refractivity contribution in [2.45, 2.75) is 13.8 Å². The van der Waals surface area contributed by atoms with Crippen molar-refractivity contribution >= 4 is 8.60 Å². The van der Waals surface area contributed by atoms with Gasteiger partial charge >= 0.3 is 8.60 Å². The fraction of sp³-hybridized carbons (Fsp3) is 0.444. The topological polar surface area (TPSA) is 40.6 Å². The van der Waals surface area contributed by atoms with Gasteiger partial charge in [-0.15, -0.1) is 0 Å². The number of pyridine rings is 1. The van der Waals surface area contributed by atoms with Crippen LogP contribution in [-0.2, 0) is 9.05 Å². The second-order valence-electron chi connectivity index (χ2n) is 2.34. The third-order valence-corrected chi connectivity index (χ3v) is 2.58. The minimum atomic E-state index is -1.28. The quantitative estimate of drug-likeness (QED) is 0.684. The first-order valence-electron chi connectivity index (χ1n) is 4.50. The smallest absolute Gasteiger partial charge is 0.397 e. The lowest BCUT2D eigenvalue weighted by molar-refractivity contribution is 0.221. The van der Waals surface area contributed by atoms with E-state index in [2.05, 4.69) is 4.98 Å². The number of aromatic nitrogens is 1. The molecule has 0 atom stereocenters. The van der Waals surface area contributed by atoms with Crippen LogP contribution in [0.4, 0.5) is 0 Å². The van der Waals surface area contributed by atoms with Gasteiger partial charge in [0.1, 0.15) is 5.75 Å². The van der Waals surface area contributed by atoms with Gasteiger partial charge in [0.2, 0.25) is 0 Å². The third kappa shape index (κ3) is 4.01. The summed E-state index contributed by atoms with van der Waals surface area (Å²) in [5, 5.41) is 0. The molecule has 1 aromatic rings. The molecule has 0 aromatic carbocycles. The molecule has 0 N–H and O–H groups in total. The summed E-state index contributed by atoms with van der Waals surface area (Å²) < 4.78 is 16.0. The molecule has 1 heterocycles. The van der Waals surface area contributed by atoms with Crippen molar-refractivity contribution in [1.29, 1.82) is 0 Å². The molecular weight excluding hydrogens is 201 g/mol. The van der Waals surface area contributed by atoms with E-state index >= 15 is 0 Å². The van der Waals surface area contributed by atoms with Crippen LogP contribution in [0.15, 0.2) is 24.5 Å². The van der Waals surface area contributed by atoms with Crippen molar-refractivity contribution in [3.8, 4) is 5.75 Å². The molecule has 0 saturated carbocycles. The van der Waals surface area contributed by atoms with Crippen LogP contribution >= 0.6 is 8.60 Å². The van der Waals surface area contributed by atoms with Gasteiger partial charge in [-0.1, -0.05) is 0 Å². The standard InChI is InChI=1S/C9H14NO3P/c1-3-11-14(12-4-2)13-9-6-5-7-10-8-9/h5-8H,3-4H2,1-2H3. The first kappa shape index (κ1) is 11.4. The molecule has 0 saturated heterocycles. The van der Waals surface area contributed by atoms with Gasteiger partial charge in [-0.05, 0) is 26.0 Å². The maximum absolute atomic E-state index is 5.45. The van der Waals surface area contributed by atoms with E-state index in [1.54, 1.807) is 18.5 Å². The fourth-order valence-electron chi connectivity index (χ4n) is 0.788. The van der Waals surface area contributed by atoms with E-state index in [0.29, 0.717) is 19.0 Å². The molecule has 0 aliphatic carbocycles. The number of hydrogen-bond acceptors (Lipinski definition) is 4. The van der Waals surface area contributed by atoms with Gasteiger partial charge in [-0.2, -0.15) is 0 Å². The molecule has 0 aliphatic rings. The lowest BCUT2D eigenvalue weighted by Gasteiger charge is -2.14. The van der Waals surface area contributed by atoms with Gasteiger partial charge in [0.15, 0.2) is 0 Å². The Kier molecular flexibility index (Phi) is 5.45. The van der Waals surface area contributed by atoms with Gasteiger partial charge in [0.25, 0.3) is 0 Å². The summed E-state index contributed by atoms with van der Waals surface area (Å²) in [4.78, 5) is 3.93. The molecule has 0 unspecified atom stereocenters. The third-order valence-electron chi connectivity index (χ3n) is 1.28. The molecule has 0 fully saturated rings. The molecule has 1 aromatic heterocycles. The minimum absolute atomic E-state index is 0.575. The first-order chi connectivity index (χ1) is 6.86. The van der Waals surface area contributed by atoms with E-state index in [1.165, 1.54) is 0 Å².